The molecule has 0 N–H and O–H groups in total. The summed E-state index contributed by atoms with van der Waals surface area (Å²) >= 11 is 0. The predicted molar refractivity (Wildman–Crippen MR) is 34.6 cm³/mol. The van der Waals surface area contributed by atoms with Crippen LogP contribution in [0.3, 0.4) is 0 Å². The van der Waals surface area contributed by atoms with E-state index < -0.39 is 6.04 Å². The molecule has 10 heavy (non-hydrogen) atoms. The number of aldehydes is 1. The molecular weight excluding hydrogens is 134 g/mol. The normalized spacial score (nSPS) is 39.5. The Balaban J connectivity index is 2.61. The van der Waals surface area contributed by atoms with E-state index in [1.165, 1.54) is 0 Å². The Hall–Kier alpha value is -0.770. The lowest BCUT2D eigenvalue weighted by atomic mass is 10.0. The second-order valence-electron chi connectivity index (χ2n) is 2.42. The molecule has 0 saturated carbocycles. The molecule has 1 heterocycles. The Bertz CT molecular complexity index is 148. The van der Waals surface area contributed by atoms with Crippen LogP contribution in [0.2, 0.25) is 0 Å². The zero-order valence-corrected chi connectivity index (χ0v) is 5.69. The third-order valence-electron chi connectivity index (χ3n) is 1.81. The van der Waals surface area contributed by atoms with Gasteiger partial charge < -0.3 is 9.53 Å². The second kappa shape index (κ2) is 2.88. The first-order valence-corrected chi connectivity index (χ1v) is 3.19. The van der Waals surface area contributed by atoms with E-state index in [2.05, 4.69) is 5.18 Å². The van der Waals surface area contributed by atoms with Gasteiger partial charge in [0.25, 0.3) is 0 Å². The molecule has 3 unspecified atom stereocenters. The molecule has 3 atom stereocenters. The van der Waals surface area contributed by atoms with Crippen molar-refractivity contribution >= 4 is 6.29 Å². The maximum Gasteiger partial charge on any atom is 0.128 e. The van der Waals surface area contributed by atoms with Gasteiger partial charge in [-0.25, -0.2) is 0 Å². The average molecular weight is 143 g/mol. The van der Waals surface area contributed by atoms with Crippen LogP contribution in [0, 0.1) is 10.8 Å². The molecule has 4 nitrogen and oxygen atoms in total. The SMILES string of the molecule is CC1OCC(N=O)C1C=O. The van der Waals surface area contributed by atoms with Crippen LogP contribution in [0.1, 0.15) is 6.92 Å². The highest BCUT2D eigenvalue weighted by Crippen LogP contribution is 2.21. The second-order valence-corrected chi connectivity index (χ2v) is 2.42. The maximum absolute atomic E-state index is 10.3. The van der Waals surface area contributed by atoms with E-state index >= 15 is 0 Å². The minimum Gasteiger partial charge on any atom is -0.375 e. The molecule has 0 spiro atoms. The van der Waals surface area contributed by atoms with E-state index in [9.17, 15) is 9.70 Å². The fourth-order valence-corrected chi connectivity index (χ4v) is 1.09. The zero-order chi connectivity index (χ0) is 7.56. The number of hydrogen-bond donors (Lipinski definition) is 0. The summed E-state index contributed by atoms with van der Waals surface area (Å²) in [4.78, 5) is 20.3. The molecule has 56 valence electrons. The van der Waals surface area contributed by atoms with Crippen molar-refractivity contribution in [2.75, 3.05) is 6.61 Å². The first-order valence-electron chi connectivity index (χ1n) is 3.19. The van der Waals surface area contributed by atoms with Crippen molar-refractivity contribution in [3.63, 3.8) is 0 Å². The van der Waals surface area contributed by atoms with Crippen molar-refractivity contribution in [3.8, 4) is 0 Å². The van der Waals surface area contributed by atoms with Gasteiger partial charge in [-0.1, -0.05) is 5.18 Å². The fourth-order valence-electron chi connectivity index (χ4n) is 1.09. The minimum absolute atomic E-state index is 0.153. The van der Waals surface area contributed by atoms with Crippen LogP contribution in [-0.4, -0.2) is 25.0 Å². The van der Waals surface area contributed by atoms with E-state index in [0.717, 1.165) is 6.29 Å². The van der Waals surface area contributed by atoms with Crippen LogP contribution in [0.4, 0.5) is 0 Å². The molecule has 0 bridgehead atoms. The number of ether oxygens (including phenoxy) is 1. The highest BCUT2D eigenvalue weighted by Gasteiger charge is 2.35. The zero-order valence-electron chi connectivity index (χ0n) is 5.69. The summed E-state index contributed by atoms with van der Waals surface area (Å²) in [7, 11) is 0. The van der Waals surface area contributed by atoms with Gasteiger partial charge in [-0.05, 0) is 6.92 Å². The van der Waals surface area contributed by atoms with Crippen molar-refractivity contribution in [2.24, 2.45) is 11.1 Å². The van der Waals surface area contributed by atoms with Gasteiger partial charge in [-0.15, -0.1) is 0 Å². The molecule has 1 fully saturated rings. The van der Waals surface area contributed by atoms with E-state index in [1.54, 1.807) is 6.92 Å². The smallest absolute Gasteiger partial charge is 0.128 e. The number of nitrogens with zero attached hydrogens (tertiary/aromatic N) is 1. The Morgan fingerprint density at radius 3 is 2.80 bits per heavy atom. The summed E-state index contributed by atoms with van der Waals surface area (Å²) in [5.74, 6) is -0.336. The van der Waals surface area contributed by atoms with Gasteiger partial charge in [0.2, 0.25) is 0 Å². The summed E-state index contributed by atoms with van der Waals surface area (Å²) in [5.41, 5.74) is 0. The largest absolute Gasteiger partial charge is 0.375 e. The molecule has 0 aromatic rings. The van der Waals surface area contributed by atoms with Gasteiger partial charge in [0, 0.05) is 0 Å². The van der Waals surface area contributed by atoms with E-state index in [1.807, 2.05) is 0 Å². The van der Waals surface area contributed by atoms with Gasteiger partial charge in [0.1, 0.15) is 12.3 Å². The predicted octanol–water partition coefficient (Wildman–Crippen LogP) is 0.355. The maximum atomic E-state index is 10.3. The lowest BCUT2D eigenvalue weighted by Gasteiger charge is -2.05. The molecular formula is C6H9NO3. The summed E-state index contributed by atoms with van der Waals surface area (Å²) in [6.45, 7) is 2.05. The van der Waals surface area contributed by atoms with Gasteiger partial charge in [0.05, 0.1) is 18.6 Å². The molecule has 0 radical (unpaired) electrons. The monoisotopic (exact) mass is 143 g/mol. The van der Waals surface area contributed by atoms with Crippen molar-refractivity contribution < 1.29 is 9.53 Å². The number of carbonyl (C=O) groups is 1. The van der Waals surface area contributed by atoms with Crippen LogP contribution < -0.4 is 0 Å². The standard InChI is InChI=1S/C6H9NO3/c1-4-5(2-8)6(7-9)3-10-4/h2,4-6H,3H2,1H3. The Morgan fingerprint density at radius 1 is 1.70 bits per heavy atom. The first kappa shape index (κ1) is 7.34. The van der Waals surface area contributed by atoms with Crippen molar-refractivity contribution in [3.05, 3.63) is 4.91 Å². The Kier molecular flexibility index (Phi) is 2.11. The third-order valence-corrected chi connectivity index (χ3v) is 1.81. The topological polar surface area (TPSA) is 55.7 Å². The van der Waals surface area contributed by atoms with Crippen LogP contribution in [-0.2, 0) is 9.53 Å². The molecule has 1 rings (SSSR count). The van der Waals surface area contributed by atoms with Crippen molar-refractivity contribution in [2.45, 2.75) is 19.1 Å². The minimum atomic E-state index is -0.465. The molecule has 0 aromatic carbocycles. The van der Waals surface area contributed by atoms with Crippen LogP contribution in [0.25, 0.3) is 0 Å². The fraction of sp³-hybridized carbons (Fsp3) is 0.833. The summed E-state index contributed by atoms with van der Waals surface area (Å²) in [6, 6.07) is -0.465. The highest BCUT2D eigenvalue weighted by atomic mass is 16.5. The van der Waals surface area contributed by atoms with Crippen LogP contribution >= 0.6 is 0 Å². The van der Waals surface area contributed by atoms with E-state index in [0.29, 0.717) is 0 Å². The lowest BCUT2D eigenvalue weighted by molar-refractivity contribution is -0.112. The summed E-state index contributed by atoms with van der Waals surface area (Å²) in [6.07, 6.45) is 0.587. The summed E-state index contributed by atoms with van der Waals surface area (Å²) in [5, 5.41) is 2.78. The van der Waals surface area contributed by atoms with Gasteiger partial charge in [0.15, 0.2) is 0 Å². The molecule has 4 heteroatoms. The number of hydrogen-bond acceptors (Lipinski definition) is 4. The van der Waals surface area contributed by atoms with Gasteiger partial charge in [-0.3, -0.25) is 0 Å². The van der Waals surface area contributed by atoms with Crippen LogP contribution in [0.5, 0.6) is 0 Å². The van der Waals surface area contributed by atoms with Crippen LogP contribution in [0.15, 0.2) is 5.18 Å². The van der Waals surface area contributed by atoms with Crippen molar-refractivity contribution in [1.82, 2.24) is 0 Å². The average Bonchev–Trinajstić information content (AvgIpc) is 2.30. The molecule has 1 aliphatic heterocycles. The quantitative estimate of drug-likeness (QED) is 0.414. The van der Waals surface area contributed by atoms with Crippen molar-refractivity contribution in [1.29, 1.82) is 0 Å². The number of rotatable bonds is 2. The molecule has 0 amide bonds. The number of carbonyl (C=O) groups excluding carboxylic acids is 1. The number of nitroso groups, excluding NO2 is 1. The van der Waals surface area contributed by atoms with Gasteiger partial charge in [-0.2, -0.15) is 4.91 Å². The van der Waals surface area contributed by atoms with Gasteiger partial charge >= 0.3 is 0 Å². The van der Waals surface area contributed by atoms with E-state index in [4.69, 9.17) is 4.74 Å². The third kappa shape index (κ3) is 1.07. The lowest BCUT2D eigenvalue weighted by Crippen LogP contribution is -2.21. The molecule has 1 saturated heterocycles. The molecule has 1 aliphatic rings. The summed E-state index contributed by atoms with van der Waals surface area (Å²) < 4.78 is 5.03. The Morgan fingerprint density at radius 2 is 2.40 bits per heavy atom. The molecule has 0 aromatic heterocycles. The first-order chi connectivity index (χ1) is 4.79. The highest BCUT2D eigenvalue weighted by molar-refractivity contribution is 5.56. The van der Waals surface area contributed by atoms with E-state index in [-0.39, 0.29) is 18.6 Å². The molecule has 0 aliphatic carbocycles. The Labute approximate surface area is 58.5 Å².